The summed E-state index contributed by atoms with van der Waals surface area (Å²) in [7, 11) is 0. The maximum absolute atomic E-state index is 11.9. The highest BCUT2D eigenvalue weighted by molar-refractivity contribution is 6.11. The maximum atomic E-state index is 11.9. The summed E-state index contributed by atoms with van der Waals surface area (Å²) in [6, 6.07) is 0. The van der Waals surface area contributed by atoms with Gasteiger partial charge in [0, 0.05) is 24.9 Å². The van der Waals surface area contributed by atoms with Crippen LogP contribution in [0.3, 0.4) is 0 Å². The topological polar surface area (TPSA) is 144 Å². The molecular weight excluding hydrogens is 330 g/mol. The van der Waals surface area contributed by atoms with Gasteiger partial charge in [0.05, 0.1) is 11.9 Å². The highest BCUT2D eigenvalue weighted by Gasteiger charge is 2.16. The van der Waals surface area contributed by atoms with Crippen LogP contribution < -0.4 is 5.32 Å². The Labute approximate surface area is 141 Å². The minimum Gasteiger partial charge on any atom is -0.476 e. The molecule has 0 aromatic rings. The quantitative estimate of drug-likeness (QED) is 0.512. The van der Waals surface area contributed by atoms with Gasteiger partial charge in [-0.2, -0.15) is 0 Å². The first-order chi connectivity index (χ1) is 11.9. The van der Waals surface area contributed by atoms with Gasteiger partial charge in [-0.05, 0) is 12.2 Å². The third-order valence-electron chi connectivity index (χ3n) is 2.83. The Morgan fingerprint density at radius 1 is 1.12 bits per heavy atom. The molecule has 0 bridgehead atoms. The van der Waals surface area contributed by atoms with E-state index < -0.39 is 17.6 Å². The minimum atomic E-state index is -1.39. The maximum Gasteiger partial charge on any atom is 0.357 e. The van der Waals surface area contributed by atoms with E-state index in [4.69, 9.17) is 0 Å². The van der Waals surface area contributed by atoms with Gasteiger partial charge >= 0.3 is 11.9 Å². The van der Waals surface area contributed by atoms with Crippen molar-refractivity contribution >= 4 is 23.5 Å². The normalized spacial score (nSPS) is 15.9. The highest BCUT2D eigenvalue weighted by atomic mass is 16.5. The molecule has 0 radical (unpaired) electrons. The molecule has 25 heavy (non-hydrogen) atoms. The van der Waals surface area contributed by atoms with Gasteiger partial charge in [-0.1, -0.05) is 12.2 Å². The van der Waals surface area contributed by atoms with E-state index in [1.807, 2.05) is 0 Å². The molecule has 0 fully saturated rings. The molecule has 2 amide bonds. The first-order valence-corrected chi connectivity index (χ1v) is 6.88. The van der Waals surface area contributed by atoms with Crippen molar-refractivity contribution in [2.45, 2.75) is 6.92 Å². The molecule has 0 saturated carbocycles. The SMILES string of the molecule is CC(=O)N=C1C=CC(=C(N=NC(=O)C2=CN(O)C=CN2)C(=O)O)C=C1. The molecule has 2 aliphatic rings. The fourth-order valence-electron chi connectivity index (χ4n) is 1.78. The van der Waals surface area contributed by atoms with Gasteiger partial charge in [0.15, 0.2) is 5.70 Å². The molecule has 0 spiro atoms. The molecule has 128 valence electrons. The van der Waals surface area contributed by atoms with Gasteiger partial charge in [-0.25, -0.2) is 14.9 Å². The number of hydrogen-bond donors (Lipinski definition) is 3. The van der Waals surface area contributed by atoms with Crippen molar-refractivity contribution in [1.29, 1.82) is 0 Å². The summed E-state index contributed by atoms with van der Waals surface area (Å²) >= 11 is 0. The Morgan fingerprint density at radius 2 is 1.80 bits per heavy atom. The number of azo groups is 1. The molecule has 1 heterocycles. The lowest BCUT2D eigenvalue weighted by Gasteiger charge is -2.13. The van der Waals surface area contributed by atoms with Crippen molar-refractivity contribution in [2.75, 3.05) is 0 Å². The van der Waals surface area contributed by atoms with E-state index in [9.17, 15) is 24.7 Å². The average Bonchev–Trinajstić information content (AvgIpc) is 2.55. The van der Waals surface area contributed by atoms with Gasteiger partial charge in [-0.3, -0.25) is 14.8 Å². The number of allylic oxidation sites excluding steroid dienone is 5. The summed E-state index contributed by atoms with van der Waals surface area (Å²) in [5.41, 5.74) is -0.00849. The number of carboxylic acid groups (broad SMARTS) is 1. The fraction of sp³-hybridized carbons (Fsp3) is 0.0667. The predicted octanol–water partition coefficient (Wildman–Crippen LogP) is 1.02. The lowest BCUT2D eigenvalue weighted by Crippen LogP contribution is -2.22. The number of nitrogens with zero attached hydrogens (tertiary/aromatic N) is 4. The number of carboxylic acids is 1. The summed E-state index contributed by atoms with van der Waals surface area (Å²) in [6.45, 7) is 1.29. The molecule has 3 N–H and O–H groups in total. The van der Waals surface area contributed by atoms with Crippen molar-refractivity contribution in [3.05, 3.63) is 59.9 Å². The number of carbonyl (C=O) groups excluding carboxylic acids is 2. The second kappa shape index (κ2) is 7.75. The molecule has 0 unspecified atom stereocenters. The van der Waals surface area contributed by atoms with E-state index in [1.54, 1.807) is 0 Å². The zero-order chi connectivity index (χ0) is 18.4. The molecule has 10 nitrogen and oxygen atoms in total. The van der Waals surface area contributed by atoms with Gasteiger partial charge in [0.1, 0.15) is 5.70 Å². The number of aliphatic carboxylic acids is 1. The smallest absolute Gasteiger partial charge is 0.357 e. The second-order valence-corrected chi connectivity index (χ2v) is 4.72. The summed E-state index contributed by atoms with van der Waals surface area (Å²) in [5.74, 6) is -2.65. The van der Waals surface area contributed by atoms with Crippen LogP contribution in [0.15, 0.2) is 75.1 Å². The Morgan fingerprint density at radius 3 is 2.36 bits per heavy atom. The molecule has 2 rings (SSSR count). The summed E-state index contributed by atoms with van der Waals surface area (Å²) in [6.07, 6.45) is 9.27. The molecule has 0 atom stereocenters. The molecular formula is C15H13N5O5. The Bertz CT molecular complexity index is 811. The lowest BCUT2D eigenvalue weighted by atomic mass is 10.1. The van der Waals surface area contributed by atoms with E-state index in [1.165, 1.54) is 43.6 Å². The summed E-state index contributed by atoms with van der Waals surface area (Å²) in [5, 5.41) is 28.5. The Kier molecular flexibility index (Phi) is 5.48. The van der Waals surface area contributed by atoms with Crippen LogP contribution in [0.5, 0.6) is 0 Å². The first-order valence-electron chi connectivity index (χ1n) is 6.88. The minimum absolute atomic E-state index is 0.0888. The second-order valence-electron chi connectivity index (χ2n) is 4.72. The zero-order valence-corrected chi connectivity index (χ0v) is 12.9. The van der Waals surface area contributed by atoms with Gasteiger partial charge in [-0.15, -0.1) is 10.2 Å². The van der Waals surface area contributed by atoms with Crippen LogP contribution in [0.1, 0.15) is 6.92 Å². The van der Waals surface area contributed by atoms with Crippen molar-refractivity contribution in [1.82, 2.24) is 10.4 Å². The van der Waals surface area contributed by atoms with Crippen molar-refractivity contribution in [3.63, 3.8) is 0 Å². The van der Waals surface area contributed by atoms with E-state index in [-0.39, 0.29) is 17.2 Å². The Balaban J connectivity index is 2.22. The standard InChI is InChI=1S/C15H13N5O5/c1-9(21)17-11-4-2-10(3-5-11)13(15(23)24)18-19-14(22)12-8-20(25)7-6-16-12/h2-8,16,25H,1H3,(H,23,24). The van der Waals surface area contributed by atoms with Crippen LogP contribution >= 0.6 is 0 Å². The number of hydrogen-bond acceptors (Lipinski definition) is 7. The highest BCUT2D eigenvalue weighted by Crippen LogP contribution is 2.15. The van der Waals surface area contributed by atoms with Crippen molar-refractivity contribution in [3.8, 4) is 0 Å². The number of amides is 2. The molecule has 1 aliphatic carbocycles. The van der Waals surface area contributed by atoms with Crippen LogP contribution in [0.4, 0.5) is 0 Å². The number of carbonyl (C=O) groups is 3. The van der Waals surface area contributed by atoms with Crippen LogP contribution in [-0.2, 0) is 14.4 Å². The monoisotopic (exact) mass is 343 g/mol. The zero-order valence-electron chi connectivity index (χ0n) is 12.9. The predicted molar refractivity (Wildman–Crippen MR) is 84.9 cm³/mol. The molecule has 1 aliphatic heterocycles. The van der Waals surface area contributed by atoms with Crippen molar-refractivity contribution < 1.29 is 24.7 Å². The molecule has 10 heteroatoms. The van der Waals surface area contributed by atoms with Crippen LogP contribution in [0.2, 0.25) is 0 Å². The van der Waals surface area contributed by atoms with E-state index in [2.05, 4.69) is 20.5 Å². The number of aliphatic imine (C=N–C) groups is 1. The molecule has 0 aromatic carbocycles. The van der Waals surface area contributed by atoms with Crippen molar-refractivity contribution in [2.24, 2.45) is 15.2 Å². The van der Waals surface area contributed by atoms with E-state index in [0.29, 0.717) is 10.8 Å². The third-order valence-corrected chi connectivity index (χ3v) is 2.83. The lowest BCUT2D eigenvalue weighted by molar-refractivity contribution is -0.132. The first kappa shape index (κ1) is 17.7. The van der Waals surface area contributed by atoms with Crippen LogP contribution in [0, 0.1) is 0 Å². The molecule has 0 aromatic heterocycles. The van der Waals surface area contributed by atoms with E-state index >= 15 is 0 Å². The largest absolute Gasteiger partial charge is 0.476 e. The van der Waals surface area contributed by atoms with Crippen LogP contribution in [0.25, 0.3) is 0 Å². The van der Waals surface area contributed by atoms with Gasteiger partial charge in [0.2, 0.25) is 5.91 Å². The molecule has 0 saturated heterocycles. The van der Waals surface area contributed by atoms with E-state index in [0.717, 1.165) is 6.20 Å². The Hall–Kier alpha value is -3.66. The fourth-order valence-corrected chi connectivity index (χ4v) is 1.78. The van der Waals surface area contributed by atoms with Gasteiger partial charge < -0.3 is 10.4 Å². The number of rotatable bonds is 3. The summed E-state index contributed by atoms with van der Waals surface area (Å²) in [4.78, 5) is 37.8. The third kappa shape index (κ3) is 4.91. The average molecular weight is 343 g/mol. The number of nitrogens with one attached hydrogen (secondary N) is 1. The number of hydroxylamine groups is 2. The van der Waals surface area contributed by atoms with Crippen LogP contribution in [-0.4, -0.2) is 38.9 Å². The van der Waals surface area contributed by atoms with Gasteiger partial charge in [0.25, 0.3) is 0 Å². The summed E-state index contributed by atoms with van der Waals surface area (Å²) < 4.78 is 0.